The van der Waals surface area contributed by atoms with Gasteiger partial charge in [0, 0.05) is 12.1 Å². The van der Waals surface area contributed by atoms with Gasteiger partial charge in [0.05, 0.1) is 0 Å². The fourth-order valence-electron chi connectivity index (χ4n) is 1.68. The molecule has 0 spiro atoms. The zero-order valence-corrected chi connectivity index (χ0v) is 12.6. The highest BCUT2D eigenvalue weighted by molar-refractivity contribution is 4.88. The molecule has 0 radical (unpaired) electrons. The quantitative estimate of drug-likeness (QED) is 0.572. The van der Waals surface area contributed by atoms with Crippen LogP contribution in [0.25, 0.3) is 0 Å². The maximum Gasteiger partial charge on any atom is 0.0125 e. The monoisotopic (exact) mass is 215 g/mol. The van der Waals surface area contributed by atoms with E-state index < -0.39 is 0 Å². The lowest BCUT2D eigenvalue weighted by atomic mass is 9.93. The summed E-state index contributed by atoms with van der Waals surface area (Å²) < 4.78 is 0. The van der Waals surface area contributed by atoms with Gasteiger partial charge in [-0.05, 0) is 39.2 Å². The minimum Gasteiger partial charge on any atom is -0.298 e. The Balaban J connectivity index is 0. The molecular weight excluding hydrogens is 182 g/mol. The predicted molar refractivity (Wildman–Crippen MR) is 72.4 cm³/mol. The van der Waals surface area contributed by atoms with Gasteiger partial charge in [-0.15, -0.1) is 0 Å². The molecule has 0 atom stereocenters. The third kappa shape index (κ3) is 6.94. The van der Waals surface area contributed by atoms with Gasteiger partial charge in [0.15, 0.2) is 0 Å². The van der Waals surface area contributed by atoms with Crippen molar-refractivity contribution < 1.29 is 0 Å². The Hall–Kier alpha value is -0.0400. The lowest BCUT2D eigenvalue weighted by molar-refractivity contribution is 0.157. The fraction of sp³-hybridized carbons (Fsp3) is 1.00. The van der Waals surface area contributed by atoms with Crippen LogP contribution < -0.4 is 0 Å². The summed E-state index contributed by atoms with van der Waals surface area (Å²) in [5.41, 5.74) is 0.918. The summed E-state index contributed by atoms with van der Waals surface area (Å²) in [6, 6.07) is 0. The third-order valence-corrected chi connectivity index (χ3v) is 2.63. The Kier molecular flexibility index (Phi) is 8.41. The van der Waals surface area contributed by atoms with Crippen LogP contribution in [-0.2, 0) is 0 Å². The zero-order chi connectivity index (χ0) is 12.7. The van der Waals surface area contributed by atoms with E-state index in [4.69, 9.17) is 0 Å². The van der Waals surface area contributed by atoms with Gasteiger partial charge < -0.3 is 0 Å². The Morgan fingerprint density at radius 2 is 1.33 bits per heavy atom. The molecule has 1 heteroatoms. The van der Waals surface area contributed by atoms with Gasteiger partial charge in [-0.2, -0.15) is 0 Å². The van der Waals surface area contributed by atoms with Crippen molar-refractivity contribution in [3.63, 3.8) is 0 Å². The Morgan fingerprint density at radius 1 is 0.933 bits per heavy atom. The molecule has 0 amide bonds. The minimum absolute atomic E-state index is 0.369. The van der Waals surface area contributed by atoms with Gasteiger partial charge in [0.1, 0.15) is 0 Å². The second-order valence-corrected chi connectivity index (χ2v) is 5.51. The molecule has 15 heavy (non-hydrogen) atoms. The van der Waals surface area contributed by atoms with Crippen molar-refractivity contribution in [2.45, 2.75) is 74.3 Å². The molecule has 94 valence electrons. The van der Waals surface area contributed by atoms with Crippen LogP contribution in [0.5, 0.6) is 0 Å². The summed E-state index contributed by atoms with van der Waals surface area (Å²) in [6.45, 7) is 22.2. The lowest BCUT2D eigenvalue weighted by Crippen LogP contribution is -2.40. The standard InChI is InChI=1S/C10H21N.2C2H6/c1-9(2,3)11-7-6-10(4,5)8-11;2*1-2/h6-8H2,1-5H3;2*1-2H3. The molecule has 0 saturated carbocycles. The third-order valence-electron chi connectivity index (χ3n) is 2.63. The fourth-order valence-corrected chi connectivity index (χ4v) is 1.68. The molecule has 1 aliphatic rings. The highest BCUT2D eigenvalue weighted by Crippen LogP contribution is 2.32. The van der Waals surface area contributed by atoms with E-state index in [0.717, 1.165) is 0 Å². The van der Waals surface area contributed by atoms with E-state index in [1.165, 1.54) is 19.5 Å². The molecule has 1 heterocycles. The van der Waals surface area contributed by atoms with Crippen molar-refractivity contribution in [2.24, 2.45) is 5.41 Å². The van der Waals surface area contributed by atoms with Crippen molar-refractivity contribution >= 4 is 0 Å². The van der Waals surface area contributed by atoms with Gasteiger partial charge in [0.2, 0.25) is 0 Å². The van der Waals surface area contributed by atoms with Crippen molar-refractivity contribution in [1.82, 2.24) is 4.90 Å². The van der Waals surface area contributed by atoms with E-state index in [1.807, 2.05) is 27.7 Å². The smallest absolute Gasteiger partial charge is 0.0125 e. The maximum absolute atomic E-state index is 2.58. The normalized spacial score (nSPS) is 19.8. The highest BCUT2D eigenvalue weighted by atomic mass is 15.2. The summed E-state index contributed by atoms with van der Waals surface area (Å²) in [6.07, 6.45) is 1.35. The summed E-state index contributed by atoms with van der Waals surface area (Å²) in [5, 5.41) is 0. The number of likely N-dealkylation sites (tertiary alicyclic amines) is 1. The second-order valence-electron chi connectivity index (χ2n) is 5.51. The van der Waals surface area contributed by atoms with Crippen LogP contribution in [0.3, 0.4) is 0 Å². The molecule has 0 aromatic rings. The first-order chi connectivity index (χ1) is 6.81. The van der Waals surface area contributed by atoms with Crippen LogP contribution in [-0.4, -0.2) is 23.5 Å². The van der Waals surface area contributed by atoms with Crippen LogP contribution in [0.2, 0.25) is 0 Å². The SMILES string of the molecule is CC.CC.CC1(C)CCN(C(C)(C)C)C1. The number of rotatable bonds is 0. The van der Waals surface area contributed by atoms with Crippen LogP contribution in [0, 0.1) is 5.41 Å². The average Bonchev–Trinajstić information content (AvgIpc) is 2.52. The van der Waals surface area contributed by atoms with Crippen LogP contribution >= 0.6 is 0 Å². The van der Waals surface area contributed by atoms with E-state index in [9.17, 15) is 0 Å². The highest BCUT2D eigenvalue weighted by Gasteiger charge is 2.34. The summed E-state index contributed by atoms with van der Waals surface area (Å²) in [5.74, 6) is 0. The van der Waals surface area contributed by atoms with Gasteiger partial charge >= 0.3 is 0 Å². The van der Waals surface area contributed by atoms with Crippen molar-refractivity contribution in [2.75, 3.05) is 13.1 Å². The largest absolute Gasteiger partial charge is 0.298 e. The Labute approximate surface area is 98.2 Å². The molecule has 0 aromatic carbocycles. The maximum atomic E-state index is 2.58. The molecule has 1 aliphatic heterocycles. The topological polar surface area (TPSA) is 3.24 Å². The van der Waals surface area contributed by atoms with Gasteiger partial charge in [-0.25, -0.2) is 0 Å². The van der Waals surface area contributed by atoms with Gasteiger partial charge in [0.25, 0.3) is 0 Å². The molecule has 1 rings (SSSR count). The molecular formula is C14H33N. The minimum atomic E-state index is 0.369. The lowest BCUT2D eigenvalue weighted by Gasteiger charge is -2.32. The number of hydrogen-bond donors (Lipinski definition) is 0. The molecule has 0 bridgehead atoms. The number of nitrogens with zero attached hydrogens (tertiary/aromatic N) is 1. The van der Waals surface area contributed by atoms with Crippen LogP contribution in [0.1, 0.15) is 68.7 Å². The molecule has 0 aliphatic carbocycles. The Morgan fingerprint density at radius 3 is 1.47 bits per heavy atom. The predicted octanol–water partition coefficient (Wildman–Crippen LogP) is 4.57. The first-order valence-electron chi connectivity index (χ1n) is 6.56. The molecule has 1 fully saturated rings. The van der Waals surface area contributed by atoms with E-state index in [0.29, 0.717) is 11.0 Å². The van der Waals surface area contributed by atoms with Gasteiger partial charge in [-0.1, -0.05) is 41.5 Å². The first kappa shape index (κ1) is 17.4. The summed E-state index contributed by atoms with van der Waals surface area (Å²) in [7, 11) is 0. The second kappa shape index (κ2) is 7.27. The molecule has 1 nitrogen and oxygen atoms in total. The zero-order valence-electron chi connectivity index (χ0n) is 12.6. The van der Waals surface area contributed by atoms with Crippen molar-refractivity contribution in [1.29, 1.82) is 0 Å². The van der Waals surface area contributed by atoms with Gasteiger partial charge in [-0.3, -0.25) is 4.90 Å². The Bertz CT molecular complexity index is 142. The van der Waals surface area contributed by atoms with Crippen LogP contribution in [0.4, 0.5) is 0 Å². The summed E-state index contributed by atoms with van der Waals surface area (Å²) >= 11 is 0. The molecule has 0 unspecified atom stereocenters. The molecule has 0 N–H and O–H groups in total. The van der Waals surface area contributed by atoms with Crippen molar-refractivity contribution in [3.05, 3.63) is 0 Å². The van der Waals surface area contributed by atoms with E-state index in [1.54, 1.807) is 0 Å². The first-order valence-corrected chi connectivity index (χ1v) is 6.56. The van der Waals surface area contributed by atoms with Crippen molar-refractivity contribution in [3.8, 4) is 0 Å². The molecule has 0 aromatic heterocycles. The summed E-state index contributed by atoms with van der Waals surface area (Å²) in [4.78, 5) is 2.58. The molecule has 1 saturated heterocycles. The average molecular weight is 215 g/mol. The van der Waals surface area contributed by atoms with Crippen LogP contribution in [0.15, 0.2) is 0 Å². The number of hydrogen-bond acceptors (Lipinski definition) is 1. The van der Waals surface area contributed by atoms with E-state index >= 15 is 0 Å². The van der Waals surface area contributed by atoms with E-state index in [-0.39, 0.29) is 0 Å². The van der Waals surface area contributed by atoms with E-state index in [2.05, 4.69) is 39.5 Å².